The van der Waals surface area contributed by atoms with Gasteiger partial charge in [-0.25, -0.2) is 4.39 Å². The third-order valence-corrected chi connectivity index (χ3v) is 3.84. The van der Waals surface area contributed by atoms with Crippen molar-refractivity contribution >= 4 is 33.3 Å². The van der Waals surface area contributed by atoms with Crippen molar-refractivity contribution < 1.29 is 9.18 Å². The Balaban J connectivity index is 2.45. The predicted molar refractivity (Wildman–Crippen MR) is 78.2 cm³/mol. The molecule has 2 nitrogen and oxygen atoms in total. The highest BCUT2D eigenvalue weighted by Gasteiger charge is 2.25. The number of hydrogen-bond acceptors (Lipinski definition) is 2. The Hall–Kier alpha value is -1.70. The van der Waals surface area contributed by atoms with Crippen LogP contribution in [0.25, 0.3) is 0 Å². The van der Waals surface area contributed by atoms with Crippen molar-refractivity contribution in [3.63, 3.8) is 0 Å². The van der Waals surface area contributed by atoms with Crippen LogP contribution in [0, 0.1) is 17.1 Å². The van der Waals surface area contributed by atoms with E-state index in [1.165, 1.54) is 6.07 Å². The predicted octanol–water partition coefficient (Wildman–Crippen LogP) is 4.73. The van der Waals surface area contributed by atoms with E-state index in [4.69, 9.17) is 11.6 Å². The lowest BCUT2D eigenvalue weighted by Crippen LogP contribution is -2.12. The zero-order valence-electron chi connectivity index (χ0n) is 10.1. The molecule has 0 aliphatic carbocycles. The van der Waals surface area contributed by atoms with Crippen molar-refractivity contribution in [3.05, 3.63) is 68.9 Å². The van der Waals surface area contributed by atoms with Crippen molar-refractivity contribution in [2.45, 2.75) is 5.92 Å². The van der Waals surface area contributed by atoms with E-state index in [0.29, 0.717) is 10.0 Å². The number of nitrogens with zero attached hydrogens (tertiary/aromatic N) is 1. The lowest BCUT2D eigenvalue weighted by molar-refractivity contribution is 0.0979. The molecule has 20 heavy (non-hydrogen) atoms. The van der Waals surface area contributed by atoms with Gasteiger partial charge in [-0.15, -0.1) is 0 Å². The Bertz CT molecular complexity index is 711. The molecule has 0 aromatic heterocycles. The Labute approximate surface area is 128 Å². The van der Waals surface area contributed by atoms with Crippen LogP contribution >= 0.6 is 27.5 Å². The molecule has 0 bridgehead atoms. The maximum atomic E-state index is 13.0. The van der Waals surface area contributed by atoms with Crippen LogP contribution in [0.15, 0.2) is 46.9 Å². The second kappa shape index (κ2) is 6.17. The molecule has 0 amide bonds. The molecule has 100 valence electrons. The molecule has 0 aliphatic rings. The highest BCUT2D eigenvalue weighted by molar-refractivity contribution is 9.10. The molecule has 2 aromatic carbocycles. The SMILES string of the molecule is N#CC(C(=O)c1ccc(F)cc1Cl)c1ccccc1Br. The molecule has 0 radical (unpaired) electrons. The number of carbonyl (C=O) groups excluding carboxylic acids is 1. The molecule has 2 aromatic rings. The molecule has 0 heterocycles. The minimum Gasteiger partial charge on any atom is -0.292 e. The van der Waals surface area contributed by atoms with E-state index in [2.05, 4.69) is 15.9 Å². The first-order valence-corrected chi connectivity index (χ1v) is 6.85. The zero-order valence-corrected chi connectivity index (χ0v) is 12.5. The summed E-state index contributed by atoms with van der Waals surface area (Å²) in [4.78, 5) is 12.4. The maximum absolute atomic E-state index is 13.0. The highest BCUT2D eigenvalue weighted by atomic mass is 79.9. The van der Waals surface area contributed by atoms with Crippen molar-refractivity contribution in [1.82, 2.24) is 0 Å². The average molecular weight is 353 g/mol. The number of hydrogen-bond donors (Lipinski definition) is 0. The van der Waals surface area contributed by atoms with Crippen LogP contribution in [-0.4, -0.2) is 5.78 Å². The first-order chi connectivity index (χ1) is 9.54. The summed E-state index contributed by atoms with van der Waals surface area (Å²) in [7, 11) is 0. The third kappa shape index (κ3) is 2.90. The van der Waals surface area contributed by atoms with Gasteiger partial charge in [0.15, 0.2) is 5.78 Å². The van der Waals surface area contributed by atoms with Gasteiger partial charge in [0.2, 0.25) is 0 Å². The first-order valence-electron chi connectivity index (χ1n) is 5.68. The van der Waals surface area contributed by atoms with Gasteiger partial charge in [0, 0.05) is 10.0 Å². The average Bonchev–Trinajstić information content (AvgIpc) is 2.41. The Morgan fingerprint density at radius 2 is 2.00 bits per heavy atom. The number of carbonyl (C=O) groups is 1. The minimum absolute atomic E-state index is 0.00213. The molecular formula is C15H8BrClFNO. The molecule has 5 heteroatoms. The van der Waals surface area contributed by atoms with E-state index in [0.717, 1.165) is 12.1 Å². The maximum Gasteiger partial charge on any atom is 0.185 e. The number of nitriles is 1. The van der Waals surface area contributed by atoms with Crippen LogP contribution in [0.1, 0.15) is 21.8 Å². The Morgan fingerprint density at radius 1 is 1.30 bits per heavy atom. The molecule has 2 rings (SSSR count). The molecule has 0 saturated heterocycles. The molecule has 0 saturated carbocycles. The number of rotatable bonds is 3. The lowest BCUT2D eigenvalue weighted by atomic mass is 9.92. The molecule has 0 N–H and O–H groups in total. The van der Waals surface area contributed by atoms with Crippen molar-refractivity contribution in [2.24, 2.45) is 0 Å². The van der Waals surface area contributed by atoms with E-state index in [-0.39, 0.29) is 10.6 Å². The van der Waals surface area contributed by atoms with Gasteiger partial charge in [-0.2, -0.15) is 5.26 Å². The van der Waals surface area contributed by atoms with E-state index in [1.807, 2.05) is 6.07 Å². The Kier molecular flexibility index (Phi) is 4.53. The van der Waals surface area contributed by atoms with Gasteiger partial charge in [-0.1, -0.05) is 45.7 Å². The van der Waals surface area contributed by atoms with Gasteiger partial charge in [-0.3, -0.25) is 4.79 Å². The van der Waals surface area contributed by atoms with Crippen molar-refractivity contribution in [2.75, 3.05) is 0 Å². The lowest BCUT2D eigenvalue weighted by Gasteiger charge is -2.11. The number of halogens is 3. The van der Waals surface area contributed by atoms with Crippen LogP contribution < -0.4 is 0 Å². The second-order valence-corrected chi connectivity index (χ2v) is 5.33. The highest BCUT2D eigenvalue weighted by Crippen LogP contribution is 2.29. The summed E-state index contributed by atoms with van der Waals surface area (Å²) < 4.78 is 13.7. The topological polar surface area (TPSA) is 40.9 Å². The van der Waals surface area contributed by atoms with Crippen LogP contribution in [0.3, 0.4) is 0 Å². The fraction of sp³-hybridized carbons (Fsp3) is 0.0667. The summed E-state index contributed by atoms with van der Waals surface area (Å²) in [5, 5.41) is 9.27. The number of ketones is 1. The summed E-state index contributed by atoms with van der Waals surface area (Å²) in [6.45, 7) is 0. The van der Waals surface area contributed by atoms with Crippen LogP contribution in [0.4, 0.5) is 4.39 Å². The van der Waals surface area contributed by atoms with E-state index >= 15 is 0 Å². The molecule has 1 atom stereocenters. The quantitative estimate of drug-likeness (QED) is 0.749. The van der Waals surface area contributed by atoms with Crippen molar-refractivity contribution in [3.8, 4) is 6.07 Å². The van der Waals surface area contributed by atoms with Gasteiger partial charge in [0.25, 0.3) is 0 Å². The molecule has 0 fully saturated rings. The number of Topliss-reactive ketones (excluding diaryl/α,β-unsaturated/α-hetero) is 1. The summed E-state index contributed by atoms with van der Waals surface area (Å²) in [5.74, 6) is -1.97. The van der Waals surface area contributed by atoms with Gasteiger partial charge >= 0.3 is 0 Å². The molecular weight excluding hydrogens is 345 g/mol. The largest absolute Gasteiger partial charge is 0.292 e. The van der Waals surface area contributed by atoms with E-state index < -0.39 is 17.5 Å². The normalized spacial score (nSPS) is 11.7. The molecule has 0 aliphatic heterocycles. The monoisotopic (exact) mass is 351 g/mol. The first kappa shape index (κ1) is 14.7. The van der Waals surface area contributed by atoms with Crippen molar-refractivity contribution in [1.29, 1.82) is 5.26 Å². The summed E-state index contributed by atoms with van der Waals surface area (Å²) in [6.07, 6.45) is 0. The van der Waals surface area contributed by atoms with Gasteiger partial charge < -0.3 is 0 Å². The summed E-state index contributed by atoms with van der Waals surface area (Å²) in [6, 6.07) is 12.4. The van der Waals surface area contributed by atoms with Crippen LogP contribution in [-0.2, 0) is 0 Å². The number of benzene rings is 2. The summed E-state index contributed by atoms with van der Waals surface area (Å²) >= 11 is 9.18. The van der Waals surface area contributed by atoms with E-state index in [1.54, 1.807) is 24.3 Å². The smallest absolute Gasteiger partial charge is 0.185 e. The van der Waals surface area contributed by atoms with Gasteiger partial charge in [0.1, 0.15) is 11.7 Å². The van der Waals surface area contributed by atoms with Crippen LogP contribution in [0.5, 0.6) is 0 Å². The fourth-order valence-corrected chi connectivity index (χ4v) is 2.60. The van der Waals surface area contributed by atoms with E-state index in [9.17, 15) is 14.4 Å². The fourth-order valence-electron chi connectivity index (χ4n) is 1.82. The standard InChI is InChI=1S/C15H8BrClFNO/c16-13-4-2-1-3-10(13)12(8-19)15(20)11-6-5-9(18)7-14(11)17/h1-7,12H. The molecule has 1 unspecified atom stereocenters. The van der Waals surface area contributed by atoms with Crippen LogP contribution in [0.2, 0.25) is 5.02 Å². The second-order valence-electron chi connectivity index (χ2n) is 4.07. The zero-order chi connectivity index (χ0) is 14.7. The van der Waals surface area contributed by atoms with Gasteiger partial charge in [-0.05, 0) is 29.8 Å². The molecule has 0 spiro atoms. The summed E-state index contributed by atoms with van der Waals surface area (Å²) in [5.41, 5.74) is 0.691. The third-order valence-electron chi connectivity index (χ3n) is 2.80. The Morgan fingerprint density at radius 3 is 2.60 bits per heavy atom. The van der Waals surface area contributed by atoms with Gasteiger partial charge in [0.05, 0.1) is 11.1 Å². The minimum atomic E-state index is -0.992.